The van der Waals surface area contributed by atoms with Crippen molar-refractivity contribution < 1.29 is 18.4 Å². The number of aromatic nitrogens is 2. The van der Waals surface area contributed by atoms with E-state index in [2.05, 4.69) is 10.2 Å². The largest absolute Gasteiger partial charge is 0.466 e. The molecule has 1 amide bonds. The Bertz CT molecular complexity index is 692. The number of morpholine rings is 1. The van der Waals surface area contributed by atoms with E-state index in [1.165, 1.54) is 0 Å². The molecule has 1 aliphatic heterocycles. The van der Waals surface area contributed by atoms with Crippen LogP contribution in [0.5, 0.6) is 0 Å². The van der Waals surface area contributed by atoms with Crippen LogP contribution in [-0.4, -0.2) is 40.8 Å². The molecule has 0 N–H and O–H groups in total. The van der Waals surface area contributed by atoms with Crippen LogP contribution in [0, 0.1) is 6.92 Å². The normalized spacial score (nSPS) is 18.3. The molecule has 1 saturated heterocycles. The lowest BCUT2D eigenvalue weighted by atomic mass is 10.1. The molecule has 130 valence electrons. The standard InChI is InChI=1S/C17H23N3O4/c1-11(2)16-18-19-17(24-16)14-10-22-9-8-20(14)15(21)7-6-13-5-4-12(3)23-13/h4-5,11,14H,6-10H2,1-3H3. The van der Waals surface area contributed by atoms with E-state index in [9.17, 15) is 4.79 Å². The average molecular weight is 333 g/mol. The molecule has 0 aromatic carbocycles. The monoisotopic (exact) mass is 333 g/mol. The van der Waals surface area contributed by atoms with Crippen molar-refractivity contribution in [2.45, 2.75) is 45.6 Å². The zero-order valence-corrected chi connectivity index (χ0v) is 14.3. The van der Waals surface area contributed by atoms with E-state index >= 15 is 0 Å². The molecule has 2 aromatic heterocycles. The van der Waals surface area contributed by atoms with E-state index in [1.54, 1.807) is 4.90 Å². The lowest BCUT2D eigenvalue weighted by Crippen LogP contribution is -2.43. The maximum absolute atomic E-state index is 12.6. The van der Waals surface area contributed by atoms with E-state index < -0.39 is 0 Å². The van der Waals surface area contributed by atoms with Crippen molar-refractivity contribution in [2.24, 2.45) is 0 Å². The Morgan fingerprint density at radius 2 is 2.17 bits per heavy atom. The summed E-state index contributed by atoms with van der Waals surface area (Å²) in [5.74, 6) is 2.90. The third kappa shape index (κ3) is 3.67. The number of hydrogen-bond donors (Lipinski definition) is 0. The van der Waals surface area contributed by atoms with E-state index in [1.807, 2.05) is 32.9 Å². The predicted molar refractivity (Wildman–Crippen MR) is 85.4 cm³/mol. The van der Waals surface area contributed by atoms with Gasteiger partial charge in [0.15, 0.2) is 0 Å². The average Bonchev–Trinajstić information content (AvgIpc) is 3.22. The van der Waals surface area contributed by atoms with Gasteiger partial charge in [-0.05, 0) is 19.1 Å². The van der Waals surface area contributed by atoms with Crippen LogP contribution in [0.3, 0.4) is 0 Å². The molecule has 0 spiro atoms. The Morgan fingerprint density at radius 3 is 2.83 bits per heavy atom. The van der Waals surface area contributed by atoms with Gasteiger partial charge < -0.3 is 18.5 Å². The number of amides is 1. The summed E-state index contributed by atoms with van der Waals surface area (Å²) in [5.41, 5.74) is 0. The van der Waals surface area contributed by atoms with Crippen LogP contribution in [0.4, 0.5) is 0 Å². The Labute approximate surface area is 141 Å². The molecule has 1 aliphatic rings. The molecule has 0 bridgehead atoms. The first-order valence-corrected chi connectivity index (χ1v) is 8.30. The van der Waals surface area contributed by atoms with Gasteiger partial charge in [0.05, 0.1) is 13.2 Å². The minimum atomic E-state index is -0.315. The van der Waals surface area contributed by atoms with Gasteiger partial charge in [0.25, 0.3) is 0 Å². The number of carbonyl (C=O) groups excluding carboxylic acids is 1. The molecule has 1 unspecified atom stereocenters. The second-order valence-electron chi connectivity index (χ2n) is 6.32. The van der Waals surface area contributed by atoms with E-state index in [4.69, 9.17) is 13.6 Å². The first kappa shape index (κ1) is 16.7. The highest BCUT2D eigenvalue weighted by molar-refractivity contribution is 5.77. The Kier molecular flexibility index (Phi) is 4.99. The first-order valence-electron chi connectivity index (χ1n) is 8.30. The lowest BCUT2D eigenvalue weighted by molar-refractivity contribution is -0.141. The molecular weight excluding hydrogens is 310 g/mol. The van der Waals surface area contributed by atoms with E-state index in [0.29, 0.717) is 44.4 Å². The molecule has 7 nitrogen and oxygen atoms in total. The van der Waals surface area contributed by atoms with Gasteiger partial charge in [-0.1, -0.05) is 13.8 Å². The highest BCUT2D eigenvalue weighted by Gasteiger charge is 2.32. The van der Waals surface area contributed by atoms with Crippen molar-refractivity contribution in [1.29, 1.82) is 0 Å². The third-order valence-corrected chi connectivity index (χ3v) is 4.07. The summed E-state index contributed by atoms with van der Waals surface area (Å²) in [6.45, 7) is 7.30. The molecule has 0 saturated carbocycles. The Morgan fingerprint density at radius 1 is 1.33 bits per heavy atom. The molecule has 3 rings (SSSR count). The zero-order chi connectivity index (χ0) is 17.1. The number of nitrogens with zero attached hydrogens (tertiary/aromatic N) is 3. The fourth-order valence-electron chi connectivity index (χ4n) is 2.71. The first-order chi connectivity index (χ1) is 11.5. The van der Waals surface area contributed by atoms with Crippen molar-refractivity contribution in [3.63, 3.8) is 0 Å². The van der Waals surface area contributed by atoms with Gasteiger partial charge in [-0.25, -0.2) is 0 Å². The topological polar surface area (TPSA) is 81.6 Å². The molecular formula is C17H23N3O4. The predicted octanol–water partition coefficient (Wildman–Crippen LogP) is 2.63. The number of hydrogen-bond acceptors (Lipinski definition) is 6. The van der Waals surface area contributed by atoms with Gasteiger partial charge in [0, 0.05) is 25.3 Å². The fourth-order valence-corrected chi connectivity index (χ4v) is 2.71. The minimum Gasteiger partial charge on any atom is -0.466 e. The van der Waals surface area contributed by atoms with Crippen LogP contribution < -0.4 is 0 Å². The summed E-state index contributed by atoms with van der Waals surface area (Å²) >= 11 is 0. The number of carbonyl (C=O) groups is 1. The van der Waals surface area contributed by atoms with Crippen molar-refractivity contribution in [2.75, 3.05) is 19.8 Å². The summed E-state index contributed by atoms with van der Waals surface area (Å²) in [5, 5.41) is 8.16. The molecule has 1 fully saturated rings. The van der Waals surface area contributed by atoms with Crippen LogP contribution in [0.1, 0.15) is 55.5 Å². The molecule has 0 radical (unpaired) electrons. The number of ether oxygens (including phenoxy) is 1. The zero-order valence-electron chi connectivity index (χ0n) is 14.3. The van der Waals surface area contributed by atoms with Gasteiger partial charge in [0.2, 0.25) is 17.7 Å². The number of rotatable bonds is 5. The smallest absolute Gasteiger partial charge is 0.241 e. The number of furan rings is 1. The summed E-state index contributed by atoms with van der Waals surface area (Å²) in [7, 11) is 0. The molecule has 24 heavy (non-hydrogen) atoms. The van der Waals surface area contributed by atoms with Crippen molar-refractivity contribution in [3.8, 4) is 0 Å². The maximum atomic E-state index is 12.6. The summed E-state index contributed by atoms with van der Waals surface area (Å²) in [6.07, 6.45) is 0.965. The SMILES string of the molecule is Cc1ccc(CCC(=O)N2CCOCC2c2nnc(C(C)C)o2)o1. The summed E-state index contributed by atoms with van der Waals surface area (Å²) in [6, 6.07) is 3.50. The Balaban J connectivity index is 1.67. The van der Waals surface area contributed by atoms with Crippen LogP contribution in [0.25, 0.3) is 0 Å². The van der Waals surface area contributed by atoms with Gasteiger partial charge >= 0.3 is 0 Å². The second-order valence-corrected chi connectivity index (χ2v) is 6.32. The van der Waals surface area contributed by atoms with Gasteiger partial charge in [-0.2, -0.15) is 0 Å². The minimum absolute atomic E-state index is 0.0432. The van der Waals surface area contributed by atoms with Crippen LogP contribution in [-0.2, 0) is 16.0 Å². The highest BCUT2D eigenvalue weighted by atomic mass is 16.5. The molecule has 7 heteroatoms. The molecule has 0 aliphatic carbocycles. The number of aryl methyl sites for hydroxylation is 2. The summed E-state index contributed by atoms with van der Waals surface area (Å²) < 4.78 is 16.8. The van der Waals surface area contributed by atoms with Crippen LogP contribution >= 0.6 is 0 Å². The highest BCUT2D eigenvalue weighted by Crippen LogP contribution is 2.26. The van der Waals surface area contributed by atoms with Crippen molar-refractivity contribution >= 4 is 5.91 Å². The van der Waals surface area contributed by atoms with Crippen molar-refractivity contribution in [1.82, 2.24) is 15.1 Å². The van der Waals surface area contributed by atoms with Gasteiger partial charge in [-0.3, -0.25) is 4.79 Å². The second kappa shape index (κ2) is 7.17. The van der Waals surface area contributed by atoms with Crippen LogP contribution in [0.2, 0.25) is 0 Å². The van der Waals surface area contributed by atoms with Gasteiger partial charge in [-0.15, -0.1) is 10.2 Å². The third-order valence-electron chi connectivity index (χ3n) is 4.07. The maximum Gasteiger partial charge on any atom is 0.241 e. The molecule has 3 heterocycles. The van der Waals surface area contributed by atoms with Gasteiger partial charge in [0.1, 0.15) is 17.6 Å². The lowest BCUT2D eigenvalue weighted by Gasteiger charge is -2.33. The van der Waals surface area contributed by atoms with Crippen molar-refractivity contribution in [3.05, 3.63) is 35.4 Å². The van der Waals surface area contributed by atoms with E-state index in [-0.39, 0.29) is 17.9 Å². The Hall–Kier alpha value is -2.15. The van der Waals surface area contributed by atoms with E-state index in [0.717, 1.165) is 11.5 Å². The quantitative estimate of drug-likeness (QED) is 0.836. The summed E-state index contributed by atoms with van der Waals surface area (Å²) in [4.78, 5) is 14.4. The molecule has 1 atom stereocenters. The molecule has 2 aromatic rings. The fraction of sp³-hybridized carbons (Fsp3) is 0.588. The van der Waals surface area contributed by atoms with Crippen LogP contribution in [0.15, 0.2) is 21.0 Å².